The summed E-state index contributed by atoms with van der Waals surface area (Å²) in [6.07, 6.45) is -0.916. The number of carbonyl (C=O) groups is 1. The van der Waals surface area contributed by atoms with Crippen molar-refractivity contribution < 1.29 is 47.3 Å². The maximum absolute atomic E-state index is 11.4. The first-order valence-corrected chi connectivity index (χ1v) is 4.69. The first kappa shape index (κ1) is 17.8. The minimum Gasteiger partial charge on any atom is -0.673 e. The van der Waals surface area contributed by atoms with Gasteiger partial charge >= 0.3 is 32.7 Å². The molecular formula is C9H19N2O3Y+2. The van der Waals surface area contributed by atoms with Gasteiger partial charge in [-0.3, -0.25) is 4.79 Å². The quantitative estimate of drug-likeness (QED) is 0.730. The molecule has 0 aromatic carbocycles. The van der Waals surface area contributed by atoms with Crippen LogP contribution < -0.4 is 0 Å². The normalized spacial score (nSPS) is 13.9. The van der Waals surface area contributed by atoms with Crippen molar-refractivity contribution in [3.05, 3.63) is 5.73 Å². The molecule has 0 rings (SSSR count). The van der Waals surface area contributed by atoms with Crippen LogP contribution in [-0.2, 0) is 42.2 Å². The third kappa shape index (κ3) is 8.28. The zero-order valence-corrected chi connectivity index (χ0v) is 12.4. The molecule has 0 heterocycles. The minimum absolute atomic E-state index is 0. The van der Waals surface area contributed by atoms with Crippen molar-refractivity contribution in [3.63, 3.8) is 0 Å². The second-order valence-electron chi connectivity index (χ2n) is 3.27. The Kier molecular flexibility index (Phi) is 11.5. The summed E-state index contributed by atoms with van der Waals surface area (Å²) in [5.74, 6) is -0.204. The van der Waals surface area contributed by atoms with Crippen LogP contribution in [0.1, 0.15) is 20.3 Å². The number of carbonyl (C=O) groups excluding carboxylic acids is 1. The van der Waals surface area contributed by atoms with Gasteiger partial charge in [-0.1, -0.05) is 6.92 Å². The van der Waals surface area contributed by atoms with Gasteiger partial charge in [0.1, 0.15) is 6.73 Å². The van der Waals surface area contributed by atoms with Crippen molar-refractivity contribution in [1.29, 1.82) is 0 Å². The summed E-state index contributed by atoms with van der Waals surface area (Å²) in [6, 6.07) is -0.639. The van der Waals surface area contributed by atoms with Gasteiger partial charge in [-0.05, 0) is 6.92 Å². The maximum atomic E-state index is 11.4. The Morgan fingerprint density at radius 1 is 1.60 bits per heavy atom. The first-order valence-electron chi connectivity index (χ1n) is 4.69. The van der Waals surface area contributed by atoms with Crippen LogP contribution >= 0.6 is 0 Å². The molecule has 2 unspecified atom stereocenters. The topological polar surface area (TPSA) is 73.6 Å². The Hall–Kier alpha value is 0.454. The van der Waals surface area contributed by atoms with Crippen LogP contribution in [0.3, 0.4) is 0 Å². The van der Waals surface area contributed by atoms with Gasteiger partial charge in [-0.15, -0.1) is 6.04 Å². The van der Waals surface area contributed by atoms with Crippen molar-refractivity contribution in [2.24, 2.45) is 0 Å². The molecule has 0 aliphatic carbocycles. The number of amides is 1. The third-order valence-corrected chi connectivity index (χ3v) is 1.88. The van der Waals surface area contributed by atoms with E-state index in [2.05, 4.69) is 0 Å². The zero-order valence-electron chi connectivity index (χ0n) is 9.56. The van der Waals surface area contributed by atoms with E-state index in [1.807, 2.05) is 6.92 Å². The fraction of sp³-hybridized carbons (Fsp3) is 0.889. The van der Waals surface area contributed by atoms with E-state index >= 15 is 0 Å². The number of ether oxygens (including phenoxy) is 1. The van der Waals surface area contributed by atoms with Gasteiger partial charge < -0.3 is 20.5 Å². The fourth-order valence-electron chi connectivity index (χ4n) is 0.812. The number of nitrogens with one attached hydrogen (secondary N) is 1. The van der Waals surface area contributed by atoms with Gasteiger partial charge in [-0.25, -0.2) is 0 Å². The number of hydrogen-bond acceptors (Lipinski definition) is 3. The molecule has 2 atom stereocenters. The molecule has 6 heteroatoms. The molecule has 0 aliphatic rings. The minimum atomic E-state index is -0.897. The number of nitrogens with zero attached hydrogens (tertiary/aromatic N) is 1. The van der Waals surface area contributed by atoms with E-state index in [9.17, 15) is 9.90 Å². The molecule has 0 saturated heterocycles. The van der Waals surface area contributed by atoms with E-state index < -0.39 is 12.1 Å². The van der Waals surface area contributed by atoms with E-state index in [1.165, 1.54) is 4.90 Å². The van der Waals surface area contributed by atoms with Gasteiger partial charge in [-0.2, -0.15) is 0 Å². The van der Waals surface area contributed by atoms with Crippen molar-refractivity contribution in [2.75, 3.05) is 20.4 Å². The first-order chi connectivity index (χ1) is 6.49. The average molecular weight is 292 g/mol. The molecule has 0 bridgehead atoms. The van der Waals surface area contributed by atoms with Gasteiger partial charge in [0.2, 0.25) is 5.91 Å². The smallest absolute Gasteiger partial charge is 0.673 e. The van der Waals surface area contributed by atoms with Crippen molar-refractivity contribution in [3.8, 4) is 0 Å². The van der Waals surface area contributed by atoms with E-state index in [1.54, 1.807) is 14.0 Å². The molecule has 15 heavy (non-hydrogen) atoms. The molecular weight excluding hydrogens is 273 g/mol. The Labute approximate surface area is 116 Å². The molecule has 2 N–H and O–H groups in total. The third-order valence-electron chi connectivity index (χ3n) is 1.88. The van der Waals surface area contributed by atoms with Gasteiger partial charge in [0.15, 0.2) is 0 Å². The predicted molar refractivity (Wildman–Crippen MR) is 53.7 cm³/mol. The van der Waals surface area contributed by atoms with E-state index in [0.29, 0.717) is 6.61 Å². The Morgan fingerprint density at radius 2 is 2.13 bits per heavy atom. The molecule has 0 saturated carbocycles. The van der Waals surface area contributed by atoms with Crippen LogP contribution in [0.4, 0.5) is 0 Å². The van der Waals surface area contributed by atoms with Crippen LogP contribution in [0.2, 0.25) is 0 Å². The molecule has 0 spiro atoms. The molecule has 0 fully saturated rings. The number of rotatable bonds is 6. The zero-order chi connectivity index (χ0) is 11.1. The van der Waals surface area contributed by atoms with Crippen LogP contribution in [0.5, 0.6) is 0 Å². The fourth-order valence-corrected chi connectivity index (χ4v) is 0.812. The second kappa shape index (κ2) is 9.66. The summed E-state index contributed by atoms with van der Waals surface area (Å²) in [5, 5.41) is 9.30. The molecule has 0 aliphatic heterocycles. The van der Waals surface area contributed by atoms with Crippen molar-refractivity contribution in [1.82, 2.24) is 4.90 Å². The molecule has 5 nitrogen and oxygen atoms in total. The number of aliphatic hydroxyl groups is 1. The Balaban J connectivity index is 0. The van der Waals surface area contributed by atoms with Gasteiger partial charge in [0, 0.05) is 19.8 Å². The van der Waals surface area contributed by atoms with E-state index in [0.717, 1.165) is 0 Å². The standard InChI is InChI=1S/C9H19N2O3.Y/c1-4-14-6-11(3)9(13)5-8(12)7(2)10;/h7-8,10,12H,4-6H2,1-3H3;/q-1;+3. The molecule has 84 valence electrons. The van der Waals surface area contributed by atoms with E-state index in [-0.39, 0.29) is 51.8 Å². The number of aliphatic hydroxyl groups excluding tert-OH is 1. The van der Waals surface area contributed by atoms with Gasteiger partial charge in [0.25, 0.3) is 0 Å². The van der Waals surface area contributed by atoms with Crippen LogP contribution in [0, 0.1) is 0 Å². The summed E-state index contributed by atoms with van der Waals surface area (Å²) in [5.41, 5.74) is 7.20. The summed E-state index contributed by atoms with van der Waals surface area (Å²) < 4.78 is 5.04. The Bertz CT molecular complexity index is 179. The van der Waals surface area contributed by atoms with Crippen LogP contribution in [-0.4, -0.2) is 48.4 Å². The summed E-state index contributed by atoms with van der Waals surface area (Å²) in [6.45, 7) is 4.18. The predicted octanol–water partition coefficient (Wildman–Crippen LogP) is 0.628. The SMILES string of the molecule is CCOCN(C)C(=O)CC(O)C(C)[NH-].[Y+3]. The van der Waals surface area contributed by atoms with Crippen LogP contribution in [0.15, 0.2) is 0 Å². The summed E-state index contributed by atoms with van der Waals surface area (Å²) >= 11 is 0. The molecule has 0 aromatic rings. The monoisotopic (exact) mass is 292 g/mol. The molecule has 0 aromatic heterocycles. The van der Waals surface area contributed by atoms with Crippen LogP contribution in [0.25, 0.3) is 5.73 Å². The average Bonchev–Trinajstić information content (AvgIpc) is 2.13. The van der Waals surface area contributed by atoms with Crippen molar-refractivity contribution in [2.45, 2.75) is 32.4 Å². The summed E-state index contributed by atoms with van der Waals surface area (Å²) in [4.78, 5) is 12.8. The van der Waals surface area contributed by atoms with Gasteiger partial charge in [0.05, 0.1) is 6.42 Å². The maximum Gasteiger partial charge on any atom is 3.00 e. The molecule has 1 amide bonds. The van der Waals surface area contributed by atoms with Crippen molar-refractivity contribution >= 4 is 5.91 Å². The largest absolute Gasteiger partial charge is 3.00 e. The second-order valence-corrected chi connectivity index (χ2v) is 3.27. The Morgan fingerprint density at radius 3 is 2.53 bits per heavy atom. The number of hydrogen-bond donors (Lipinski definition) is 1. The molecule has 0 radical (unpaired) electrons. The summed E-state index contributed by atoms with van der Waals surface area (Å²) in [7, 11) is 1.61. The van der Waals surface area contributed by atoms with E-state index in [4.69, 9.17) is 10.5 Å².